The van der Waals surface area contributed by atoms with Crippen LogP contribution in [-0.4, -0.2) is 28.8 Å². The molecule has 1 aromatic carbocycles. The van der Waals surface area contributed by atoms with Crippen molar-refractivity contribution in [2.75, 3.05) is 23.7 Å². The average Bonchev–Trinajstić information content (AvgIpc) is 3.23. The number of nitrogens with two attached hydrogens (primary N) is 1. The Kier molecular flexibility index (Phi) is 4.54. The number of benzene rings is 1. The first kappa shape index (κ1) is 17.1. The molecule has 5 nitrogen and oxygen atoms in total. The van der Waals surface area contributed by atoms with Crippen molar-refractivity contribution in [1.29, 1.82) is 5.41 Å². The zero-order valence-electron chi connectivity index (χ0n) is 14.8. The normalized spacial score (nSPS) is 13.7. The maximum absolute atomic E-state index is 14.1. The lowest BCUT2D eigenvalue weighted by Crippen LogP contribution is -2.17. The van der Waals surface area contributed by atoms with Crippen LogP contribution in [0.5, 0.6) is 0 Å². The minimum Gasteiger partial charge on any atom is -0.397 e. The summed E-state index contributed by atoms with van der Waals surface area (Å²) in [4.78, 5) is 11.1. The van der Waals surface area contributed by atoms with Gasteiger partial charge in [-0.25, -0.2) is 4.39 Å². The second-order valence-electron chi connectivity index (χ2n) is 6.64. The summed E-state index contributed by atoms with van der Waals surface area (Å²) in [5, 5.41) is 8.42. The molecule has 0 amide bonds. The van der Waals surface area contributed by atoms with Gasteiger partial charge in [-0.15, -0.1) is 0 Å². The first-order chi connectivity index (χ1) is 13.1. The molecule has 3 heterocycles. The Hall–Kier alpha value is -3.28. The molecule has 3 N–H and O–H groups in total. The Morgan fingerprint density at radius 3 is 2.59 bits per heavy atom. The average molecular weight is 361 g/mol. The van der Waals surface area contributed by atoms with Gasteiger partial charge in [-0.2, -0.15) is 0 Å². The molecular weight excluding hydrogens is 341 g/mol. The van der Waals surface area contributed by atoms with Gasteiger partial charge >= 0.3 is 0 Å². The fourth-order valence-electron chi connectivity index (χ4n) is 3.37. The van der Waals surface area contributed by atoms with Crippen molar-refractivity contribution in [3.8, 4) is 11.3 Å². The maximum Gasteiger partial charge on any atom is 0.132 e. The van der Waals surface area contributed by atoms with Gasteiger partial charge in [0.1, 0.15) is 5.82 Å². The topological polar surface area (TPSA) is 78.9 Å². The standard InChI is InChI=1S/C21H20FN5/c22-18-6-2-1-5-16(18)21(24)17-10-20(26-13-19(17)23)14-9-15(12-25-11-14)27-7-3-4-8-27/h1-2,5-6,9-13,24H,3-4,7-8,23H2. The molecule has 0 saturated carbocycles. The lowest BCUT2D eigenvalue weighted by Gasteiger charge is -2.18. The summed E-state index contributed by atoms with van der Waals surface area (Å²) in [6, 6.07) is 10.00. The van der Waals surface area contributed by atoms with E-state index in [0.717, 1.165) is 24.3 Å². The van der Waals surface area contributed by atoms with Gasteiger partial charge in [0.05, 0.1) is 35.2 Å². The van der Waals surface area contributed by atoms with Crippen LogP contribution >= 0.6 is 0 Å². The molecule has 27 heavy (non-hydrogen) atoms. The van der Waals surface area contributed by atoms with Crippen LogP contribution in [0.25, 0.3) is 11.3 Å². The van der Waals surface area contributed by atoms with Crippen LogP contribution in [0.3, 0.4) is 0 Å². The van der Waals surface area contributed by atoms with Gasteiger partial charge in [-0.05, 0) is 37.1 Å². The van der Waals surface area contributed by atoms with E-state index in [2.05, 4.69) is 14.9 Å². The first-order valence-electron chi connectivity index (χ1n) is 8.93. The third-order valence-electron chi connectivity index (χ3n) is 4.84. The summed E-state index contributed by atoms with van der Waals surface area (Å²) in [6.45, 7) is 2.06. The molecule has 1 aliphatic heterocycles. The van der Waals surface area contributed by atoms with E-state index in [1.807, 2.05) is 12.3 Å². The molecule has 3 aromatic rings. The van der Waals surface area contributed by atoms with Crippen molar-refractivity contribution < 1.29 is 4.39 Å². The number of hydrogen-bond donors (Lipinski definition) is 2. The van der Waals surface area contributed by atoms with Crippen LogP contribution in [0.2, 0.25) is 0 Å². The van der Waals surface area contributed by atoms with Gasteiger partial charge in [0.2, 0.25) is 0 Å². The number of nitrogens with zero attached hydrogens (tertiary/aromatic N) is 3. The zero-order chi connectivity index (χ0) is 18.8. The lowest BCUT2D eigenvalue weighted by atomic mass is 9.99. The molecule has 4 rings (SSSR count). The van der Waals surface area contributed by atoms with Crippen LogP contribution in [-0.2, 0) is 0 Å². The Morgan fingerprint density at radius 2 is 1.81 bits per heavy atom. The summed E-state index contributed by atoms with van der Waals surface area (Å²) in [6.07, 6.45) is 7.49. The Labute approximate surface area is 157 Å². The first-order valence-corrected chi connectivity index (χ1v) is 8.93. The predicted octanol–water partition coefficient (Wildman–Crippen LogP) is 3.88. The van der Waals surface area contributed by atoms with Crippen LogP contribution in [0, 0.1) is 11.2 Å². The van der Waals surface area contributed by atoms with Gasteiger partial charge in [-0.3, -0.25) is 15.4 Å². The van der Waals surface area contributed by atoms with E-state index in [4.69, 9.17) is 11.1 Å². The number of nitrogen functional groups attached to an aromatic ring is 1. The highest BCUT2D eigenvalue weighted by atomic mass is 19.1. The van der Waals surface area contributed by atoms with Gasteiger partial charge in [-0.1, -0.05) is 12.1 Å². The Bertz CT molecular complexity index is 995. The molecule has 2 aromatic heterocycles. The largest absolute Gasteiger partial charge is 0.397 e. The number of nitrogens with one attached hydrogen (secondary N) is 1. The molecule has 0 atom stereocenters. The highest BCUT2D eigenvalue weighted by Crippen LogP contribution is 2.27. The summed E-state index contributed by atoms with van der Waals surface area (Å²) in [5.74, 6) is -0.446. The van der Waals surface area contributed by atoms with Gasteiger partial charge in [0, 0.05) is 36.0 Å². The summed E-state index contributed by atoms with van der Waals surface area (Å²) in [7, 11) is 0. The van der Waals surface area contributed by atoms with Crippen LogP contribution < -0.4 is 10.6 Å². The van der Waals surface area contributed by atoms with E-state index in [-0.39, 0.29) is 11.3 Å². The smallest absolute Gasteiger partial charge is 0.132 e. The molecule has 6 heteroatoms. The summed E-state index contributed by atoms with van der Waals surface area (Å²) in [5.41, 5.74) is 9.66. The monoisotopic (exact) mass is 361 g/mol. The lowest BCUT2D eigenvalue weighted by molar-refractivity contribution is 0.625. The van der Waals surface area contributed by atoms with Gasteiger partial charge in [0.15, 0.2) is 0 Å². The molecular formula is C21H20FN5. The molecule has 0 spiro atoms. The van der Waals surface area contributed by atoms with E-state index in [1.54, 1.807) is 30.5 Å². The Morgan fingerprint density at radius 1 is 1.04 bits per heavy atom. The Balaban J connectivity index is 1.72. The minimum atomic E-state index is -0.446. The van der Waals surface area contributed by atoms with Gasteiger partial charge in [0.25, 0.3) is 0 Å². The van der Waals surface area contributed by atoms with E-state index >= 15 is 0 Å². The summed E-state index contributed by atoms with van der Waals surface area (Å²) >= 11 is 0. The van der Waals surface area contributed by atoms with Crippen LogP contribution in [0.4, 0.5) is 15.8 Å². The highest BCUT2D eigenvalue weighted by Gasteiger charge is 2.16. The molecule has 0 aliphatic carbocycles. The van der Waals surface area contributed by atoms with E-state index in [1.165, 1.54) is 25.1 Å². The number of halogens is 1. The molecule has 1 saturated heterocycles. The number of anilines is 2. The molecule has 0 bridgehead atoms. The van der Waals surface area contributed by atoms with Crippen molar-refractivity contribution in [1.82, 2.24) is 9.97 Å². The fourth-order valence-corrected chi connectivity index (χ4v) is 3.37. The van der Waals surface area contributed by atoms with Crippen molar-refractivity contribution in [3.05, 3.63) is 71.9 Å². The predicted molar refractivity (Wildman–Crippen MR) is 106 cm³/mol. The number of pyridine rings is 2. The maximum atomic E-state index is 14.1. The van der Waals surface area contributed by atoms with E-state index < -0.39 is 5.82 Å². The summed E-state index contributed by atoms with van der Waals surface area (Å²) < 4.78 is 14.1. The number of hydrogen-bond acceptors (Lipinski definition) is 5. The quantitative estimate of drug-likeness (QED) is 0.691. The van der Waals surface area contributed by atoms with Crippen molar-refractivity contribution >= 4 is 17.1 Å². The molecule has 0 radical (unpaired) electrons. The molecule has 0 unspecified atom stereocenters. The van der Waals surface area contributed by atoms with Crippen LogP contribution in [0.15, 0.2) is 55.0 Å². The molecule has 1 fully saturated rings. The highest BCUT2D eigenvalue weighted by molar-refractivity contribution is 6.14. The minimum absolute atomic E-state index is 0.0397. The van der Waals surface area contributed by atoms with E-state index in [0.29, 0.717) is 16.9 Å². The number of aromatic nitrogens is 2. The van der Waals surface area contributed by atoms with Crippen LogP contribution in [0.1, 0.15) is 24.0 Å². The second kappa shape index (κ2) is 7.15. The third kappa shape index (κ3) is 3.38. The fraction of sp³-hybridized carbons (Fsp3) is 0.190. The van der Waals surface area contributed by atoms with E-state index in [9.17, 15) is 4.39 Å². The van der Waals surface area contributed by atoms with Crippen molar-refractivity contribution in [2.45, 2.75) is 12.8 Å². The van der Waals surface area contributed by atoms with Crippen molar-refractivity contribution in [2.24, 2.45) is 0 Å². The SMILES string of the molecule is N=C(c1cc(-c2cncc(N3CCCC3)c2)ncc1N)c1ccccc1F. The molecule has 1 aliphatic rings. The second-order valence-corrected chi connectivity index (χ2v) is 6.64. The third-order valence-corrected chi connectivity index (χ3v) is 4.84. The molecule has 136 valence electrons. The number of rotatable bonds is 4. The van der Waals surface area contributed by atoms with Gasteiger partial charge < -0.3 is 10.6 Å². The zero-order valence-corrected chi connectivity index (χ0v) is 14.8. The van der Waals surface area contributed by atoms with Crippen molar-refractivity contribution in [3.63, 3.8) is 0 Å².